The van der Waals surface area contributed by atoms with E-state index in [9.17, 15) is 42.6 Å². The SMILES string of the molecule is CC(C)(O)c1cnnn1[C@H]1C[C@@H](C(=O)NC(CCCCNC(=O)OCc2ccccc2)C(=O)C(N)=O)N(C(=O)[C@@H](CC2CCCCC2)NC(=O)c2cccc(CS(=O)[O-])c2)C1. The van der Waals surface area contributed by atoms with E-state index in [0.717, 1.165) is 37.7 Å². The van der Waals surface area contributed by atoms with Crippen LogP contribution in [0.4, 0.5) is 4.79 Å². The molecule has 2 aliphatic rings. The van der Waals surface area contributed by atoms with Crippen molar-refractivity contribution in [1.29, 1.82) is 0 Å². The maximum atomic E-state index is 14.8. The van der Waals surface area contributed by atoms with Crippen LogP contribution in [0.5, 0.6) is 0 Å². The molecule has 2 heterocycles. The van der Waals surface area contributed by atoms with Gasteiger partial charge in [0.25, 0.3) is 11.8 Å². The van der Waals surface area contributed by atoms with Crippen molar-refractivity contribution in [3.8, 4) is 0 Å². The van der Waals surface area contributed by atoms with Gasteiger partial charge in [0.05, 0.1) is 24.0 Å². The Bertz CT molecular complexity index is 2030. The first kappa shape index (κ1) is 46.5. The number of likely N-dealkylation sites (tertiary alicyclic amines) is 1. The third-order valence-corrected chi connectivity index (χ3v) is 11.6. The number of primary amides is 1. The van der Waals surface area contributed by atoms with Crippen LogP contribution in [-0.4, -0.2) is 100 Å². The average molecular weight is 864 g/mol. The van der Waals surface area contributed by atoms with E-state index in [1.165, 1.54) is 27.9 Å². The molecular weight excluding hydrogens is 809 g/mol. The lowest BCUT2D eigenvalue weighted by molar-refractivity contribution is -0.142. The summed E-state index contributed by atoms with van der Waals surface area (Å²) in [7, 11) is 0. The number of carbonyl (C=O) groups excluding carboxylic acids is 6. The van der Waals surface area contributed by atoms with Crippen molar-refractivity contribution in [2.45, 2.75) is 120 Å². The van der Waals surface area contributed by atoms with Crippen LogP contribution in [-0.2, 0) is 53.0 Å². The summed E-state index contributed by atoms with van der Waals surface area (Å²) in [5.41, 5.74) is 5.70. The Morgan fingerprint density at radius 3 is 2.39 bits per heavy atom. The van der Waals surface area contributed by atoms with E-state index in [1.54, 1.807) is 26.0 Å². The summed E-state index contributed by atoms with van der Waals surface area (Å²) < 4.78 is 29.5. The van der Waals surface area contributed by atoms with Gasteiger partial charge >= 0.3 is 6.09 Å². The zero-order valence-electron chi connectivity index (χ0n) is 34.5. The van der Waals surface area contributed by atoms with E-state index in [4.69, 9.17) is 10.5 Å². The van der Waals surface area contributed by atoms with Gasteiger partial charge in [-0.05, 0) is 68.7 Å². The minimum absolute atomic E-state index is 0.0103. The Morgan fingerprint density at radius 2 is 1.70 bits per heavy atom. The van der Waals surface area contributed by atoms with Gasteiger partial charge in [0.1, 0.15) is 24.3 Å². The van der Waals surface area contributed by atoms with Crippen molar-refractivity contribution < 1.29 is 47.4 Å². The number of benzene rings is 2. The number of hydrogen-bond donors (Lipinski definition) is 5. The molecule has 5 amide bonds. The standard InChI is InChI=1S/C42H56N8O10S/c1-42(2,57)35-23-45-48-50(35)31-22-34(39(54)46-32(36(51)37(43)52)18-9-10-19-44-41(56)60-25-28-14-7-4-8-15-28)49(24-31)40(55)33(21-27-12-5-3-6-13-27)47-38(53)30-17-11-16-29(20-30)26-61(58)59/h4,7-8,11,14-17,20,23,27,31-34,57H,3,5-6,9-10,12-13,18-19,21-22,24-26H2,1-2H3,(H2,43,52)(H,44,56)(H,46,54)(H,47,53)(H,58,59)/p-1/t31-,32?,33+,34-/m0/s1. The molecule has 0 radical (unpaired) electrons. The number of ketones is 1. The molecule has 0 spiro atoms. The second kappa shape index (κ2) is 21.8. The zero-order chi connectivity index (χ0) is 44.1. The molecule has 19 heteroatoms. The number of nitrogens with one attached hydrogen (secondary N) is 3. The summed E-state index contributed by atoms with van der Waals surface area (Å²) in [6.45, 7) is 3.29. The number of nitrogens with zero attached hydrogens (tertiary/aromatic N) is 4. The monoisotopic (exact) mass is 863 g/mol. The molecule has 5 rings (SSSR count). The predicted octanol–water partition coefficient (Wildman–Crippen LogP) is 2.43. The Morgan fingerprint density at radius 1 is 0.984 bits per heavy atom. The van der Waals surface area contributed by atoms with Gasteiger partial charge in [-0.15, -0.1) is 5.10 Å². The van der Waals surface area contributed by atoms with Crippen molar-refractivity contribution in [1.82, 2.24) is 35.8 Å². The second-order valence-corrected chi connectivity index (χ2v) is 17.1. The van der Waals surface area contributed by atoms with Gasteiger partial charge in [-0.1, -0.05) is 90.9 Å². The second-order valence-electron chi connectivity index (χ2n) is 16.2. The molecule has 1 aliphatic carbocycles. The maximum Gasteiger partial charge on any atom is 0.407 e. The van der Waals surface area contributed by atoms with Crippen molar-refractivity contribution in [3.63, 3.8) is 0 Å². The van der Waals surface area contributed by atoms with Crippen LogP contribution < -0.4 is 21.7 Å². The molecule has 330 valence electrons. The first-order valence-electron chi connectivity index (χ1n) is 20.6. The average Bonchev–Trinajstić information content (AvgIpc) is 3.91. The molecule has 1 aliphatic heterocycles. The molecule has 3 aromatic rings. The summed E-state index contributed by atoms with van der Waals surface area (Å²) in [5.74, 6) is -4.42. The van der Waals surface area contributed by atoms with E-state index < -0.39 is 76.4 Å². The van der Waals surface area contributed by atoms with Crippen LogP contribution >= 0.6 is 0 Å². The Balaban J connectivity index is 1.34. The van der Waals surface area contributed by atoms with Gasteiger partial charge in [0, 0.05) is 30.8 Å². The zero-order valence-corrected chi connectivity index (χ0v) is 35.3. The smallest absolute Gasteiger partial charge is 0.407 e. The highest BCUT2D eigenvalue weighted by molar-refractivity contribution is 7.78. The number of carbonyl (C=O) groups is 6. The van der Waals surface area contributed by atoms with Gasteiger partial charge < -0.3 is 41.0 Å². The van der Waals surface area contributed by atoms with Gasteiger partial charge in [-0.25, -0.2) is 9.48 Å². The minimum Gasteiger partial charge on any atom is -0.772 e. The molecule has 61 heavy (non-hydrogen) atoms. The number of ether oxygens (including phenoxy) is 1. The van der Waals surface area contributed by atoms with E-state index in [0.29, 0.717) is 17.7 Å². The van der Waals surface area contributed by atoms with Crippen molar-refractivity contribution in [2.75, 3.05) is 13.1 Å². The molecule has 2 fully saturated rings. The topological polar surface area (TPSA) is 268 Å². The summed E-state index contributed by atoms with van der Waals surface area (Å²) in [6.07, 6.45) is 6.30. The third kappa shape index (κ3) is 13.5. The van der Waals surface area contributed by atoms with Gasteiger partial charge in [0.15, 0.2) is 0 Å². The third-order valence-electron chi connectivity index (χ3n) is 11.1. The predicted molar refractivity (Wildman–Crippen MR) is 221 cm³/mol. The van der Waals surface area contributed by atoms with E-state index in [-0.39, 0.29) is 62.6 Å². The number of Topliss-reactive ketones (excluding diaryl/α,β-unsaturated/α-hetero) is 1. The van der Waals surface area contributed by atoms with Crippen LogP contribution in [0.3, 0.4) is 0 Å². The summed E-state index contributed by atoms with van der Waals surface area (Å²) in [5, 5.41) is 27.3. The number of aliphatic hydroxyl groups is 1. The van der Waals surface area contributed by atoms with E-state index >= 15 is 0 Å². The number of amides is 5. The highest BCUT2D eigenvalue weighted by atomic mass is 32.2. The molecule has 2 unspecified atom stereocenters. The number of nitrogens with two attached hydrogens (primary N) is 1. The van der Waals surface area contributed by atoms with Crippen LogP contribution in [0.1, 0.15) is 111 Å². The number of alkyl carbamates (subject to hydrolysis) is 1. The summed E-state index contributed by atoms with van der Waals surface area (Å²) >= 11 is -2.39. The summed E-state index contributed by atoms with van der Waals surface area (Å²) in [6, 6.07) is 10.9. The van der Waals surface area contributed by atoms with Crippen molar-refractivity contribution in [2.24, 2.45) is 11.7 Å². The molecule has 0 bridgehead atoms. The fourth-order valence-electron chi connectivity index (χ4n) is 7.94. The Kier molecular flexibility index (Phi) is 16.7. The summed E-state index contributed by atoms with van der Waals surface area (Å²) in [4.78, 5) is 81.7. The largest absolute Gasteiger partial charge is 0.772 e. The molecule has 5 atom stereocenters. The Labute approximate surface area is 357 Å². The van der Waals surface area contributed by atoms with Crippen LogP contribution in [0, 0.1) is 5.92 Å². The van der Waals surface area contributed by atoms with Gasteiger partial charge in [-0.2, -0.15) is 0 Å². The van der Waals surface area contributed by atoms with Crippen LogP contribution in [0.2, 0.25) is 0 Å². The lowest BCUT2D eigenvalue weighted by atomic mass is 9.84. The van der Waals surface area contributed by atoms with E-state index in [1.807, 2.05) is 30.3 Å². The molecule has 1 saturated heterocycles. The number of hydrogen-bond acceptors (Lipinski definition) is 12. The molecule has 1 saturated carbocycles. The fraction of sp³-hybridized carbons (Fsp3) is 0.524. The van der Waals surface area contributed by atoms with Crippen molar-refractivity contribution in [3.05, 3.63) is 83.2 Å². The molecular formula is C42H55N8O10S-. The van der Waals surface area contributed by atoms with Gasteiger partial charge in [-0.3, -0.25) is 28.2 Å². The Hall–Kier alpha value is -5.53. The quantitative estimate of drug-likeness (QED) is 0.0623. The molecule has 6 N–H and O–H groups in total. The number of rotatable bonds is 20. The van der Waals surface area contributed by atoms with Crippen molar-refractivity contribution >= 4 is 46.6 Å². The molecule has 18 nitrogen and oxygen atoms in total. The number of unbranched alkanes of at least 4 members (excludes halogenated alkanes) is 1. The van der Waals surface area contributed by atoms with E-state index in [2.05, 4.69) is 26.3 Å². The van der Waals surface area contributed by atoms with Gasteiger partial charge in [0.2, 0.25) is 17.6 Å². The highest BCUT2D eigenvalue weighted by Crippen LogP contribution is 2.33. The molecule has 2 aromatic carbocycles. The van der Waals surface area contributed by atoms with Crippen LogP contribution in [0.25, 0.3) is 0 Å². The normalized spacial score (nSPS) is 18.4. The minimum atomic E-state index is -2.39. The lowest BCUT2D eigenvalue weighted by Crippen LogP contribution is -2.56. The maximum absolute atomic E-state index is 14.8. The number of aromatic nitrogens is 3. The lowest BCUT2D eigenvalue weighted by Gasteiger charge is -2.32. The fourth-order valence-corrected chi connectivity index (χ4v) is 8.39. The van der Waals surface area contributed by atoms with Crippen LogP contribution in [0.15, 0.2) is 60.8 Å². The first-order chi connectivity index (χ1) is 29.1. The highest BCUT2D eigenvalue weighted by Gasteiger charge is 2.45. The molecule has 1 aromatic heterocycles. The first-order valence-corrected chi connectivity index (χ1v) is 21.8.